The Balaban J connectivity index is 1.83. The van der Waals surface area contributed by atoms with Crippen LogP contribution in [0.5, 0.6) is 0 Å². The van der Waals surface area contributed by atoms with Gasteiger partial charge in [-0.05, 0) is 51.9 Å². The molecule has 0 aromatic heterocycles. The third-order valence-electron chi connectivity index (χ3n) is 4.62. The largest absolute Gasteiger partial charge is 0.343 e. The predicted octanol–water partition coefficient (Wildman–Crippen LogP) is 6.23. The SMILES string of the molecule is CN1c2ccccc2Sc2c1ccc1cc3ccccc3cc21. The molecule has 4 aromatic rings. The fourth-order valence-electron chi connectivity index (χ4n) is 3.41. The van der Waals surface area contributed by atoms with E-state index in [-0.39, 0.29) is 0 Å². The first kappa shape index (κ1) is 13.0. The minimum atomic E-state index is 1.28. The molecule has 0 saturated heterocycles. The molecule has 0 N–H and O–H groups in total. The van der Waals surface area contributed by atoms with E-state index in [4.69, 9.17) is 0 Å². The molecule has 0 spiro atoms. The average Bonchev–Trinajstić information content (AvgIpc) is 2.60. The summed E-state index contributed by atoms with van der Waals surface area (Å²) in [5, 5.41) is 5.25. The van der Waals surface area contributed by atoms with Crippen molar-refractivity contribution < 1.29 is 0 Å². The Kier molecular flexibility index (Phi) is 2.70. The summed E-state index contributed by atoms with van der Waals surface area (Å²) in [6.45, 7) is 0. The highest BCUT2D eigenvalue weighted by molar-refractivity contribution is 8.00. The molecule has 0 radical (unpaired) electrons. The first-order valence-electron chi connectivity index (χ1n) is 7.77. The van der Waals surface area contributed by atoms with Gasteiger partial charge in [0.15, 0.2) is 0 Å². The minimum absolute atomic E-state index is 1.28. The fraction of sp³-hybridized carbons (Fsp3) is 0.0476. The van der Waals surface area contributed by atoms with Gasteiger partial charge in [0.25, 0.3) is 0 Å². The van der Waals surface area contributed by atoms with Crippen LogP contribution in [0.1, 0.15) is 0 Å². The summed E-state index contributed by atoms with van der Waals surface area (Å²) in [5.41, 5.74) is 2.57. The van der Waals surface area contributed by atoms with Crippen molar-refractivity contribution in [2.24, 2.45) is 0 Å². The van der Waals surface area contributed by atoms with Crippen LogP contribution in [0, 0.1) is 0 Å². The molecule has 5 rings (SSSR count). The Morgan fingerprint density at radius 2 is 1.43 bits per heavy atom. The molecule has 0 amide bonds. The van der Waals surface area contributed by atoms with E-state index in [2.05, 4.69) is 84.7 Å². The molecule has 0 aliphatic carbocycles. The second-order valence-electron chi connectivity index (χ2n) is 5.96. The van der Waals surface area contributed by atoms with Crippen LogP contribution >= 0.6 is 11.8 Å². The Bertz CT molecular complexity index is 1070. The lowest BCUT2D eigenvalue weighted by Gasteiger charge is -2.30. The summed E-state index contributed by atoms with van der Waals surface area (Å²) in [4.78, 5) is 4.98. The summed E-state index contributed by atoms with van der Waals surface area (Å²) in [5.74, 6) is 0. The van der Waals surface area contributed by atoms with E-state index in [1.807, 2.05) is 11.8 Å². The molecule has 1 aliphatic heterocycles. The third kappa shape index (κ3) is 1.88. The molecular formula is C21H15NS. The molecule has 1 aliphatic rings. The van der Waals surface area contributed by atoms with Gasteiger partial charge in [-0.15, -0.1) is 0 Å². The summed E-state index contributed by atoms with van der Waals surface area (Å²) in [6, 6.07) is 26.3. The van der Waals surface area contributed by atoms with Crippen LogP contribution in [0.4, 0.5) is 11.4 Å². The van der Waals surface area contributed by atoms with Crippen LogP contribution in [-0.4, -0.2) is 7.05 Å². The van der Waals surface area contributed by atoms with Gasteiger partial charge < -0.3 is 4.90 Å². The molecule has 2 heteroatoms. The minimum Gasteiger partial charge on any atom is -0.343 e. The monoisotopic (exact) mass is 313 g/mol. The molecule has 0 saturated carbocycles. The van der Waals surface area contributed by atoms with Gasteiger partial charge in [0.05, 0.1) is 11.4 Å². The van der Waals surface area contributed by atoms with Gasteiger partial charge in [-0.3, -0.25) is 0 Å². The van der Waals surface area contributed by atoms with Crippen LogP contribution < -0.4 is 4.90 Å². The second-order valence-corrected chi connectivity index (χ2v) is 7.02. The van der Waals surface area contributed by atoms with Gasteiger partial charge >= 0.3 is 0 Å². The van der Waals surface area contributed by atoms with Crippen molar-refractivity contribution in [2.45, 2.75) is 9.79 Å². The molecular weight excluding hydrogens is 298 g/mol. The maximum atomic E-state index is 2.33. The van der Waals surface area contributed by atoms with Gasteiger partial charge in [-0.1, -0.05) is 54.2 Å². The van der Waals surface area contributed by atoms with Crippen molar-refractivity contribution in [1.29, 1.82) is 0 Å². The number of fused-ring (bicyclic) bond motifs is 5. The van der Waals surface area contributed by atoms with Crippen LogP contribution in [-0.2, 0) is 0 Å². The maximum absolute atomic E-state index is 2.33. The molecule has 0 fully saturated rings. The van der Waals surface area contributed by atoms with Gasteiger partial charge in [0.2, 0.25) is 0 Å². The normalized spacial score (nSPS) is 13.2. The Morgan fingerprint density at radius 3 is 2.30 bits per heavy atom. The zero-order valence-corrected chi connectivity index (χ0v) is 13.6. The summed E-state index contributed by atoms with van der Waals surface area (Å²) < 4.78 is 0. The molecule has 0 unspecified atom stereocenters. The number of para-hydroxylation sites is 1. The van der Waals surface area contributed by atoms with E-state index >= 15 is 0 Å². The number of rotatable bonds is 0. The van der Waals surface area contributed by atoms with Crippen LogP contribution in [0.15, 0.2) is 82.6 Å². The Hall–Kier alpha value is -2.45. The highest BCUT2D eigenvalue weighted by Crippen LogP contribution is 2.50. The fourth-order valence-corrected chi connectivity index (χ4v) is 4.68. The second kappa shape index (κ2) is 4.77. The van der Waals surface area contributed by atoms with Crippen LogP contribution in [0.3, 0.4) is 0 Å². The lowest BCUT2D eigenvalue weighted by Crippen LogP contribution is -2.14. The standard InChI is InChI=1S/C21H15NS/c1-22-18-8-4-5-9-20(18)23-21-17-13-15-7-3-2-6-14(15)12-16(17)10-11-19(21)22/h2-13H,1H3. The average molecular weight is 313 g/mol. The lowest BCUT2D eigenvalue weighted by molar-refractivity contribution is 1.12. The molecule has 23 heavy (non-hydrogen) atoms. The number of nitrogens with zero attached hydrogens (tertiary/aromatic N) is 1. The third-order valence-corrected chi connectivity index (χ3v) is 5.81. The van der Waals surface area contributed by atoms with Crippen molar-refractivity contribution in [1.82, 2.24) is 0 Å². The van der Waals surface area contributed by atoms with Crippen molar-refractivity contribution in [2.75, 3.05) is 11.9 Å². The molecule has 1 heterocycles. The van der Waals surface area contributed by atoms with Gasteiger partial charge in [0, 0.05) is 16.8 Å². The van der Waals surface area contributed by atoms with Crippen molar-refractivity contribution in [3.8, 4) is 0 Å². The van der Waals surface area contributed by atoms with Crippen molar-refractivity contribution >= 4 is 44.7 Å². The van der Waals surface area contributed by atoms with Crippen molar-refractivity contribution in [3.05, 3.63) is 72.8 Å². The topological polar surface area (TPSA) is 3.24 Å². The summed E-state index contributed by atoms with van der Waals surface area (Å²) in [7, 11) is 2.16. The molecule has 0 bridgehead atoms. The van der Waals surface area contributed by atoms with E-state index in [1.54, 1.807) is 0 Å². The number of benzene rings is 4. The Morgan fingerprint density at radius 1 is 0.696 bits per heavy atom. The van der Waals surface area contributed by atoms with Crippen LogP contribution in [0.25, 0.3) is 21.5 Å². The van der Waals surface area contributed by atoms with E-state index in [0.29, 0.717) is 0 Å². The lowest BCUT2D eigenvalue weighted by atomic mass is 10.0. The van der Waals surface area contributed by atoms with Gasteiger partial charge in [0.1, 0.15) is 0 Å². The quantitative estimate of drug-likeness (QED) is 0.354. The molecule has 110 valence electrons. The summed E-state index contributed by atoms with van der Waals surface area (Å²) >= 11 is 1.88. The number of hydrogen-bond acceptors (Lipinski definition) is 2. The van der Waals surface area contributed by atoms with E-state index in [1.165, 1.54) is 42.7 Å². The maximum Gasteiger partial charge on any atom is 0.0556 e. The van der Waals surface area contributed by atoms with Crippen LogP contribution in [0.2, 0.25) is 0 Å². The molecule has 4 aromatic carbocycles. The summed E-state index contributed by atoms with van der Waals surface area (Å²) in [6.07, 6.45) is 0. The first-order valence-corrected chi connectivity index (χ1v) is 8.59. The van der Waals surface area contributed by atoms with Gasteiger partial charge in [-0.2, -0.15) is 0 Å². The first-order chi connectivity index (χ1) is 11.3. The number of anilines is 2. The van der Waals surface area contributed by atoms with Gasteiger partial charge in [-0.25, -0.2) is 0 Å². The smallest absolute Gasteiger partial charge is 0.0556 e. The highest BCUT2D eigenvalue weighted by Gasteiger charge is 2.22. The zero-order chi connectivity index (χ0) is 15.4. The van der Waals surface area contributed by atoms with Crippen molar-refractivity contribution in [3.63, 3.8) is 0 Å². The number of hydrogen-bond donors (Lipinski definition) is 0. The zero-order valence-electron chi connectivity index (χ0n) is 12.8. The molecule has 0 atom stereocenters. The van der Waals surface area contributed by atoms with E-state index in [9.17, 15) is 0 Å². The van der Waals surface area contributed by atoms with E-state index < -0.39 is 0 Å². The Labute approximate surface area is 139 Å². The predicted molar refractivity (Wildman–Crippen MR) is 100 cm³/mol. The van der Waals surface area contributed by atoms with E-state index in [0.717, 1.165) is 0 Å². The molecule has 1 nitrogen and oxygen atoms in total. The highest BCUT2D eigenvalue weighted by atomic mass is 32.2.